The van der Waals surface area contributed by atoms with Gasteiger partial charge in [-0.2, -0.15) is 0 Å². The van der Waals surface area contributed by atoms with E-state index in [9.17, 15) is 0 Å². The van der Waals surface area contributed by atoms with Gasteiger partial charge in [-0.25, -0.2) is 0 Å². The van der Waals surface area contributed by atoms with Crippen LogP contribution in [0.5, 0.6) is 0 Å². The molecule has 0 spiro atoms. The van der Waals surface area contributed by atoms with Crippen LogP contribution in [0.4, 0.5) is 0 Å². The van der Waals surface area contributed by atoms with Crippen LogP contribution in [0.3, 0.4) is 0 Å². The lowest BCUT2D eigenvalue weighted by Gasteiger charge is -2.43. The Morgan fingerprint density at radius 1 is 1.44 bits per heavy atom. The molecule has 1 aromatic heterocycles. The predicted molar refractivity (Wildman–Crippen MR) is 75.2 cm³/mol. The minimum absolute atomic E-state index is 0.0679. The zero-order chi connectivity index (χ0) is 13.4. The molecule has 1 heterocycles. The largest absolute Gasteiger partial charge is 0.329 e. The summed E-state index contributed by atoms with van der Waals surface area (Å²) in [7, 11) is 2.17. The molecule has 1 unspecified atom stereocenters. The average molecular weight is 247 g/mol. The van der Waals surface area contributed by atoms with Crippen molar-refractivity contribution in [2.75, 3.05) is 13.6 Å². The van der Waals surface area contributed by atoms with Crippen LogP contribution in [0.15, 0.2) is 18.2 Å². The van der Waals surface area contributed by atoms with Gasteiger partial charge in [0.1, 0.15) is 0 Å². The fourth-order valence-corrected chi connectivity index (χ4v) is 2.69. The van der Waals surface area contributed by atoms with Gasteiger partial charge in [0.25, 0.3) is 0 Å². The molecular weight excluding hydrogens is 222 g/mol. The highest BCUT2D eigenvalue weighted by Crippen LogP contribution is 2.55. The Labute approximate surface area is 110 Å². The molecular formula is C15H25N3. The molecule has 3 heteroatoms. The molecule has 2 N–H and O–H groups in total. The number of likely N-dealkylation sites (N-methyl/N-ethyl adjacent to an activating group) is 1. The van der Waals surface area contributed by atoms with Gasteiger partial charge in [-0.3, -0.25) is 9.88 Å². The van der Waals surface area contributed by atoms with E-state index in [0.29, 0.717) is 12.0 Å². The summed E-state index contributed by atoms with van der Waals surface area (Å²) in [6, 6.07) is 6.20. The highest BCUT2D eigenvalue weighted by molar-refractivity contribution is 5.13. The second kappa shape index (κ2) is 4.63. The summed E-state index contributed by atoms with van der Waals surface area (Å²) in [6.45, 7) is 8.24. The van der Waals surface area contributed by atoms with E-state index < -0.39 is 0 Å². The first-order valence-electron chi connectivity index (χ1n) is 6.75. The summed E-state index contributed by atoms with van der Waals surface area (Å²) in [5.74, 6) is 0. The van der Waals surface area contributed by atoms with Gasteiger partial charge in [0, 0.05) is 24.3 Å². The molecule has 2 rings (SSSR count). The molecule has 0 bridgehead atoms. The molecule has 0 aliphatic heterocycles. The molecule has 100 valence electrons. The summed E-state index contributed by atoms with van der Waals surface area (Å²) in [6.07, 6.45) is 2.57. The van der Waals surface area contributed by atoms with Crippen LogP contribution in [0.2, 0.25) is 0 Å². The normalized spacial score (nSPS) is 20.8. The molecule has 1 atom stereocenters. The monoisotopic (exact) mass is 247 g/mol. The summed E-state index contributed by atoms with van der Waals surface area (Å²) in [5.41, 5.74) is 8.70. The minimum Gasteiger partial charge on any atom is -0.329 e. The van der Waals surface area contributed by atoms with Crippen LogP contribution in [0.1, 0.15) is 38.1 Å². The molecule has 18 heavy (non-hydrogen) atoms. The van der Waals surface area contributed by atoms with Crippen molar-refractivity contribution in [3.05, 3.63) is 29.6 Å². The van der Waals surface area contributed by atoms with E-state index in [0.717, 1.165) is 17.9 Å². The Morgan fingerprint density at radius 2 is 2.11 bits per heavy atom. The van der Waals surface area contributed by atoms with Gasteiger partial charge >= 0.3 is 0 Å². The fraction of sp³-hybridized carbons (Fsp3) is 0.667. The van der Waals surface area contributed by atoms with Gasteiger partial charge in [-0.1, -0.05) is 13.0 Å². The van der Waals surface area contributed by atoms with E-state index in [4.69, 9.17) is 5.73 Å². The Kier molecular flexibility index (Phi) is 3.47. The minimum atomic E-state index is 0.0679. The number of hydrogen-bond donors (Lipinski definition) is 1. The smallest absolute Gasteiger partial charge is 0.0547 e. The van der Waals surface area contributed by atoms with Crippen LogP contribution in [0, 0.1) is 12.3 Å². The van der Waals surface area contributed by atoms with Crippen molar-refractivity contribution in [3.8, 4) is 0 Å². The maximum absolute atomic E-state index is 6.06. The zero-order valence-electron chi connectivity index (χ0n) is 12.0. The first-order valence-corrected chi connectivity index (χ1v) is 6.75. The maximum atomic E-state index is 6.06. The number of nitrogens with two attached hydrogens (primary N) is 1. The van der Waals surface area contributed by atoms with Crippen molar-refractivity contribution < 1.29 is 0 Å². The van der Waals surface area contributed by atoms with Gasteiger partial charge in [0.2, 0.25) is 0 Å². The average Bonchev–Trinajstić information content (AvgIpc) is 3.07. The van der Waals surface area contributed by atoms with Gasteiger partial charge in [0.15, 0.2) is 0 Å². The molecule has 1 saturated carbocycles. The van der Waals surface area contributed by atoms with Crippen molar-refractivity contribution >= 4 is 0 Å². The Hall–Kier alpha value is -0.930. The van der Waals surface area contributed by atoms with Crippen molar-refractivity contribution in [3.63, 3.8) is 0 Å². The van der Waals surface area contributed by atoms with Crippen molar-refractivity contribution in [1.29, 1.82) is 0 Å². The first-order chi connectivity index (χ1) is 8.41. The SMILES string of the molecule is Cc1cccc(CN(C)C(C)(CN)C2(C)CC2)n1. The highest BCUT2D eigenvalue weighted by atomic mass is 15.2. The third kappa shape index (κ3) is 2.29. The van der Waals surface area contributed by atoms with Gasteiger partial charge in [-0.05, 0) is 51.3 Å². The number of nitrogens with zero attached hydrogens (tertiary/aromatic N) is 2. The van der Waals surface area contributed by atoms with Crippen LogP contribution in [0.25, 0.3) is 0 Å². The second-order valence-corrected chi connectivity index (χ2v) is 6.17. The van der Waals surface area contributed by atoms with E-state index in [1.807, 2.05) is 13.0 Å². The maximum Gasteiger partial charge on any atom is 0.0547 e. The lowest BCUT2D eigenvalue weighted by molar-refractivity contribution is 0.0648. The van der Waals surface area contributed by atoms with Gasteiger partial charge in [-0.15, -0.1) is 0 Å². The van der Waals surface area contributed by atoms with Gasteiger partial charge in [0.05, 0.1) is 5.69 Å². The van der Waals surface area contributed by atoms with E-state index in [2.05, 4.69) is 42.9 Å². The highest BCUT2D eigenvalue weighted by Gasteiger charge is 2.54. The number of aromatic nitrogens is 1. The molecule has 1 aliphatic rings. The zero-order valence-corrected chi connectivity index (χ0v) is 12.0. The van der Waals surface area contributed by atoms with Gasteiger partial charge < -0.3 is 5.73 Å². The first kappa shape index (κ1) is 13.5. The van der Waals surface area contributed by atoms with Crippen molar-refractivity contribution in [2.45, 2.75) is 45.7 Å². The van der Waals surface area contributed by atoms with Crippen LogP contribution < -0.4 is 5.73 Å². The summed E-state index contributed by atoms with van der Waals surface area (Å²) < 4.78 is 0. The van der Waals surface area contributed by atoms with Crippen LogP contribution in [-0.4, -0.2) is 29.0 Å². The molecule has 3 nitrogen and oxygen atoms in total. The summed E-state index contributed by atoms with van der Waals surface area (Å²) in [4.78, 5) is 6.96. The van der Waals surface area contributed by atoms with E-state index in [1.54, 1.807) is 0 Å². The topological polar surface area (TPSA) is 42.1 Å². The standard InChI is InChI=1S/C15H25N3/c1-12-6-5-7-13(17-12)10-18(4)15(3,11-16)14(2)8-9-14/h5-7H,8-11,16H2,1-4H3. The molecule has 1 fully saturated rings. The summed E-state index contributed by atoms with van der Waals surface area (Å²) in [5, 5.41) is 0. The van der Waals surface area contributed by atoms with Crippen molar-refractivity contribution in [1.82, 2.24) is 9.88 Å². The molecule has 0 aromatic carbocycles. The Balaban J connectivity index is 2.13. The third-order valence-electron chi connectivity index (χ3n) is 4.89. The van der Waals surface area contributed by atoms with E-state index in [-0.39, 0.29) is 5.54 Å². The predicted octanol–water partition coefficient (Wildman–Crippen LogP) is 2.34. The van der Waals surface area contributed by atoms with Crippen molar-refractivity contribution in [2.24, 2.45) is 11.1 Å². The third-order valence-corrected chi connectivity index (χ3v) is 4.89. The lowest BCUT2D eigenvalue weighted by atomic mass is 9.82. The fourth-order valence-electron chi connectivity index (χ4n) is 2.69. The van der Waals surface area contributed by atoms with E-state index >= 15 is 0 Å². The second-order valence-electron chi connectivity index (χ2n) is 6.17. The quantitative estimate of drug-likeness (QED) is 0.868. The molecule has 0 radical (unpaired) electrons. The summed E-state index contributed by atoms with van der Waals surface area (Å²) >= 11 is 0. The molecule has 1 aromatic rings. The lowest BCUT2D eigenvalue weighted by Crippen LogP contribution is -2.55. The van der Waals surface area contributed by atoms with Crippen LogP contribution >= 0.6 is 0 Å². The molecule has 0 saturated heterocycles. The van der Waals surface area contributed by atoms with Crippen LogP contribution in [-0.2, 0) is 6.54 Å². The molecule has 0 amide bonds. The number of rotatable bonds is 5. The Morgan fingerprint density at radius 3 is 2.61 bits per heavy atom. The molecule has 1 aliphatic carbocycles. The number of aryl methyl sites for hydroxylation is 1. The van der Waals surface area contributed by atoms with E-state index in [1.165, 1.54) is 12.8 Å². The Bertz CT molecular complexity index is 426. The number of pyridine rings is 1. The number of hydrogen-bond acceptors (Lipinski definition) is 3.